The third kappa shape index (κ3) is 2.82. The second-order valence-corrected chi connectivity index (χ2v) is 3.92. The molecule has 2 aromatic rings. The molecule has 2 heterocycles. The van der Waals surface area contributed by atoms with Crippen molar-refractivity contribution < 1.29 is 4.79 Å². The zero-order chi connectivity index (χ0) is 13.0. The lowest BCUT2D eigenvalue weighted by molar-refractivity contribution is -0.117. The van der Waals surface area contributed by atoms with E-state index in [1.807, 2.05) is 6.07 Å². The minimum Gasteiger partial charge on any atom is -0.397 e. The van der Waals surface area contributed by atoms with Crippen LogP contribution in [0.25, 0.3) is 0 Å². The van der Waals surface area contributed by atoms with Gasteiger partial charge in [0.2, 0.25) is 5.91 Å². The third-order valence-corrected chi connectivity index (χ3v) is 2.59. The average molecular weight is 242 g/mol. The lowest BCUT2D eigenvalue weighted by Crippen LogP contribution is -2.28. The van der Waals surface area contributed by atoms with Crippen LogP contribution in [0, 0.1) is 0 Å². The van der Waals surface area contributed by atoms with Gasteiger partial charge in [0.05, 0.1) is 30.2 Å². The monoisotopic (exact) mass is 242 g/mol. The van der Waals surface area contributed by atoms with Crippen molar-refractivity contribution in [1.29, 1.82) is 0 Å². The summed E-state index contributed by atoms with van der Waals surface area (Å²) in [4.78, 5) is 21.7. The van der Waals surface area contributed by atoms with E-state index >= 15 is 0 Å². The number of carbonyl (C=O) groups excluding carboxylic acids is 1. The number of hydrogen-bond donors (Lipinski definition) is 1. The van der Waals surface area contributed by atoms with Gasteiger partial charge >= 0.3 is 0 Å². The Bertz CT molecular complexity index is 524. The van der Waals surface area contributed by atoms with E-state index in [0.717, 1.165) is 5.69 Å². The van der Waals surface area contributed by atoms with Gasteiger partial charge in [-0.3, -0.25) is 14.8 Å². The molecular weight excluding hydrogens is 228 g/mol. The summed E-state index contributed by atoms with van der Waals surface area (Å²) in [6.07, 6.45) is 5.11. The van der Waals surface area contributed by atoms with Gasteiger partial charge in [-0.05, 0) is 24.3 Å². The largest absolute Gasteiger partial charge is 0.397 e. The van der Waals surface area contributed by atoms with Crippen LogP contribution in [0.3, 0.4) is 0 Å². The molecule has 0 aliphatic rings. The molecule has 5 nitrogen and oxygen atoms in total. The van der Waals surface area contributed by atoms with Crippen molar-refractivity contribution in [2.75, 3.05) is 17.7 Å². The Morgan fingerprint density at radius 1 is 1.33 bits per heavy atom. The quantitative estimate of drug-likeness (QED) is 0.879. The Kier molecular flexibility index (Phi) is 3.52. The van der Waals surface area contributed by atoms with Crippen LogP contribution < -0.4 is 10.6 Å². The predicted molar refractivity (Wildman–Crippen MR) is 70.0 cm³/mol. The van der Waals surface area contributed by atoms with Crippen LogP contribution in [-0.2, 0) is 11.2 Å². The molecule has 0 aromatic carbocycles. The lowest BCUT2D eigenvalue weighted by atomic mass is 10.2. The number of aromatic nitrogens is 2. The number of pyridine rings is 2. The van der Waals surface area contributed by atoms with Crippen LogP contribution in [0.15, 0.2) is 42.9 Å². The predicted octanol–water partition coefficient (Wildman–Crippen LogP) is 1.26. The number of rotatable bonds is 3. The van der Waals surface area contributed by atoms with Gasteiger partial charge in [-0.15, -0.1) is 0 Å². The van der Waals surface area contributed by atoms with Crippen molar-refractivity contribution in [3.8, 4) is 0 Å². The Morgan fingerprint density at radius 2 is 2.17 bits per heavy atom. The zero-order valence-electron chi connectivity index (χ0n) is 10.1. The fourth-order valence-corrected chi connectivity index (χ4v) is 1.51. The van der Waals surface area contributed by atoms with Crippen molar-refractivity contribution >= 4 is 17.3 Å². The van der Waals surface area contributed by atoms with E-state index in [9.17, 15) is 4.79 Å². The van der Waals surface area contributed by atoms with Gasteiger partial charge < -0.3 is 10.6 Å². The van der Waals surface area contributed by atoms with E-state index in [1.165, 1.54) is 0 Å². The van der Waals surface area contributed by atoms with Crippen LogP contribution in [0.4, 0.5) is 11.4 Å². The second-order valence-electron chi connectivity index (χ2n) is 3.92. The first-order valence-electron chi connectivity index (χ1n) is 5.54. The maximum absolute atomic E-state index is 12.0. The molecule has 2 aromatic heterocycles. The molecule has 0 unspecified atom stereocenters. The zero-order valence-corrected chi connectivity index (χ0v) is 10.1. The van der Waals surface area contributed by atoms with E-state index in [4.69, 9.17) is 5.73 Å². The summed E-state index contributed by atoms with van der Waals surface area (Å²) in [7, 11) is 1.72. The summed E-state index contributed by atoms with van der Waals surface area (Å²) in [6.45, 7) is 0. The number of nitrogens with two attached hydrogens (primary N) is 1. The number of amides is 1. The van der Waals surface area contributed by atoms with E-state index in [0.29, 0.717) is 11.4 Å². The molecule has 18 heavy (non-hydrogen) atoms. The fraction of sp³-hybridized carbons (Fsp3) is 0.154. The minimum atomic E-state index is -0.0414. The van der Waals surface area contributed by atoms with Crippen molar-refractivity contribution in [1.82, 2.24) is 9.97 Å². The molecule has 0 radical (unpaired) electrons. The number of nitrogen functional groups attached to an aromatic ring is 1. The van der Waals surface area contributed by atoms with Crippen molar-refractivity contribution in [2.45, 2.75) is 6.42 Å². The van der Waals surface area contributed by atoms with Crippen molar-refractivity contribution in [2.24, 2.45) is 0 Å². The Balaban J connectivity index is 2.06. The smallest absolute Gasteiger partial charge is 0.232 e. The molecule has 1 amide bonds. The minimum absolute atomic E-state index is 0.0414. The molecule has 5 heteroatoms. The first kappa shape index (κ1) is 12.0. The highest BCUT2D eigenvalue weighted by Gasteiger charge is 2.12. The molecule has 2 rings (SSSR count). The Hall–Kier alpha value is -2.43. The summed E-state index contributed by atoms with van der Waals surface area (Å²) in [5, 5.41) is 0. The van der Waals surface area contributed by atoms with Crippen LogP contribution >= 0.6 is 0 Å². The van der Waals surface area contributed by atoms with E-state index in [-0.39, 0.29) is 12.3 Å². The van der Waals surface area contributed by atoms with E-state index in [1.54, 1.807) is 48.7 Å². The number of nitrogens with zero attached hydrogens (tertiary/aromatic N) is 3. The van der Waals surface area contributed by atoms with Crippen LogP contribution in [0.1, 0.15) is 5.69 Å². The molecule has 2 N–H and O–H groups in total. The highest BCUT2D eigenvalue weighted by atomic mass is 16.2. The SMILES string of the molecule is CN(C(=O)Cc1ccc(N)cn1)c1cccnc1. The van der Waals surface area contributed by atoms with E-state index in [2.05, 4.69) is 9.97 Å². The Morgan fingerprint density at radius 3 is 2.78 bits per heavy atom. The lowest BCUT2D eigenvalue weighted by Gasteiger charge is -2.16. The van der Waals surface area contributed by atoms with Gasteiger partial charge in [0.15, 0.2) is 0 Å². The summed E-state index contributed by atoms with van der Waals surface area (Å²) in [5.41, 5.74) is 7.59. The molecular formula is C13H14N4O. The normalized spacial score (nSPS) is 10.1. The van der Waals surface area contributed by atoms with E-state index < -0.39 is 0 Å². The van der Waals surface area contributed by atoms with Crippen LogP contribution in [-0.4, -0.2) is 22.9 Å². The van der Waals surface area contributed by atoms with Gasteiger partial charge in [-0.2, -0.15) is 0 Å². The molecule has 92 valence electrons. The number of anilines is 2. The maximum Gasteiger partial charge on any atom is 0.232 e. The van der Waals surface area contributed by atoms with Gasteiger partial charge in [0, 0.05) is 18.9 Å². The van der Waals surface area contributed by atoms with Crippen molar-refractivity contribution in [3.63, 3.8) is 0 Å². The molecule has 0 fully saturated rings. The standard InChI is InChI=1S/C13H14N4O/c1-17(12-3-2-6-15-9-12)13(18)7-11-5-4-10(14)8-16-11/h2-6,8-9H,7,14H2,1H3. The molecule has 0 spiro atoms. The maximum atomic E-state index is 12.0. The summed E-state index contributed by atoms with van der Waals surface area (Å²) in [6, 6.07) is 7.12. The van der Waals surface area contributed by atoms with Gasteiger partial charge in [-0.25, -0.2) is 0 Å². The molecule has 0 aliphatic heterocycles. The Labute approximate surface area is 105 Å². The summed E-state index contributed by atoms with van der Waals surface area (Å²) in [5.74, 6) is -0.0414. The topological polar surface area (TPSA) is 72.1 Å². The molecule has 0 saturated heterocycles. The highest BCUT2D eigenvalue weighted by molar-refractivity contribution is 5.93. The molecule has 0 aliphatic carbocycles. The first-order valence-corrected chi connectivity index (χ1v) is 5.54. The third-order valence-electron chi connectivity index (χ3n) is 2.59. The number of likely N-dealkylation sites (N-methyl/N-ethyl adjacent to an activating group) is 1. The van der Waals surface area contributed by atoms with Crippen LogP contribution in [0.5, 0.6) is 0 Å². The first-order chi connectivity index (χ1) is 8.66. The average Bonchev–Trinajstić information content (AvgIpc) is 2.41. The molecule has 0 atom stereocenters. The summed E-state index contributed by atoms with van der Waals surface area (Å²) >= 11 is 0. The van der Waals surface area contributed by atoms with Gasteiger partial charge in [0.1, 0.15) is 0 Å². The van der Waals surface area contributed by atoms with Gasteiger partial charge in [0.25, 0.3) is 0 Å². The summed E-state index contributed by atoms with van der Waals surface area (Å²) < 4.78 is 0. The highest BCUT2D eigenvalue weighted by Crippen LogP contribution is 2.11. The fourth-order valence-electron chi connectivity index (χ4n) is 1.51. The number of hydrogen-bond acceptors (Lipinski definition) is 4. The molecule has 0 saturated carbocycles. The van der Waals surface area contributed by atoms with Crippen LogP contribution in [0.2, 0.25) is 0 Å². The van der Waals surface area contributed by atoms with Crippen molar-refractivity contribution in [3.05, 3.63) is 48.5 Å². The number of carbonyl (C=O) groups is 1. The molecule has 0 bridgehead atoms. The second kappa shape index (κ2) is 5.27. The van der Waals surface area contributed by atoms with Gasteiger partial charge in [-0.1, -0.05) is 0 Å².